The van der Waals surface area contributed by atoms with Gasteiger partial charge in [0.2, 0.25) is 0 Å². The smallest absolute Gasteiger partial charge is 0.285 e. The standard InChI is InChI=1S/C23H20ClN3O5S2/c24-17-3-1-2-16(13-17)21(29)25-27-22(30)19(34-23(27)33)12-15-4-6-18(7-5-15)32-14-20(28)26-8-10-31-11-9-26/h1-7,12-13H,8-11,14H2,(H,25,29)/b19-12+. The maximum atomic E-state index is 12.8. The first kappa shape index (κ1) is 24.2. The van der Waals surface area contributed by atoms with Crippen molar-refractivity contribution in [2.24, 2.45) is 0 Å². The Morgan fingerprint density at radius 3 is 2.62 bits per heavy atom. The van der Waals surface area contributed by atoms with E-state index in [1.165, 1.54) is 6.07 Å². The summed E-state index contributed by atoms with van der Waals surface area (Å²) in [6, 6.07) is 13.4. The maximum absolute atomic E-state index is 12.8. The molecule has 0 aromatic heterocycles. The van der Waals surface area contributed by atoms with Crippen LogP contribution in [0.25, 0.3) is 6.08 Å². The van der Waals surface area contributed by atoms with E-state index >= 15 is 0 Å². The van der Waals surface area contributed by atoms with E-state index in [1.54, 1.807) is 53.4 Å². The second-order valence-corrected chi connectivity index (χ2v) is 9.43. The highest BCUT2D eigenvalue weighted by Gasteiger charge is 2.33. The molecule has 0 aliphatic carbocycles. The largest absolute Gasteiger partial charge is 0.484 e. The van der Waals surface area contributed by atoms with E-state index in [2.05, 4.69) is 5.43 Å². The Kier molecular flexibility index (Phi) is 7.84. The SMILES string of the molecule is O=C(NN1C(=O)/C(=C\c2ccc(OCC(=O)N3CCOCC3)cc2)SC1=S)c1cccc(Cl)c1. The van der Waals surface area contributed by atoms with Gasteiger partial charge in [-0.3, -0.25) is 19.8 Å². The molecule has 2 saturated heterocycles. The van der Waals surface area contributed by atoms with E-state index < -0.39 is 11.8 Å². The molecule has 1 N–H and O–H groups in total. The van der Waals surface area contributed by atoms with Gasteiger partial charge in [0.25, 0.3) is 17.7 Å². The lowest BCUT2D eigenvalue weighted by Crippen LogP contribution is -2.44. The van der Waals surface area contributed by atoms with Crippen molar-refractivity contribution in [1.82, 2.24) is 15.3 Å². The van der Waals surface area contributed by atoms with Crippen LogP contribution in [0.1, 0.15) is 15.9 Å². The third kappa shape index (κ3) is 5.95. The van der Waals surface area contributed by atoms with E-state index in [1.807, 2.05) is 0 Å². The molecule has 0 atom stereocenters. The number of benzene rings is 2. The minimum Gasteiger partial charge on any atom is -0.484 e. The van der Waals surface area contributed by atoms with Crippen molar-refractivity contribution < 1.29 is 23.9 Å². The predicted molar refractivity (Wildman–Crippen MR) is 133 cm³/mol. The first-order valence-corrected chi connectivity index (χ1v) is 11.9. The number of amides is 3. The van der Waals surface area contributed by atoms with Crippen molar-refractivity contribution in [3.8, 4) is 5.75 Å². The van der Waals surface area contributed by atoms with E-state index in [9.17, 15) is 14.4 Å². The molecule has 2 heterocycles. The monoisotopic (exact) mass is 517 g/mol. The zero-order valence-corrected chi connectivity index (χ0v) is 20.3. The predicted octanol–water partition coefficient (Wildman–Crippen LogP) is 3.12. The molecule has 2 fully saturated rings. The third-order valence-corrected chi connectivity index (χ3v) is 6.54. The number of thiocarbonyl (C=S) groups is 1. The molecule has 8 nitrogen and oxygen atoms in total. The van der Waals surface area contributed by atoms with Gasteiger partial charge in [0.15, 0.2) is 10.9 Å². The quantitative estimate of drug-likeness (QED) is 0.465. The van der Waals surface area contributed by atoms with Crippen molar-refractivity contribution in [1.29, 1.82) is 0 Å². The van der Waals surface area contributed by atoms with Crippen molar-refractivity contribution in [2.75, 3.05) is 32.9 Å². The van der Waals surface area contributed by atoms with Gasteiger partial charge < -0.3 is 14.4 Å². The number of rotatable bonds is 6. The summed E-state index contributed by atoms with van der Waals surface area (Å²) in [6.07, 6.45) is 1.67. The molecule has 2 aromatic rings. The van der Waals surface area contributed by atoms with E-state index in [0.717, 1.165) is 22.3 Å². The van der Waals surface area contributed by atoms with Crippen LogP contribution in [-0.4, -0.2) is 64.9 Å². The number of nitrogens with one attached hydrogen (secondary N) is 1. The van der Waals surface area contributed by atoms with Gasteiger partial charge in [-0.15, -0.1) is 0 Å². The van der Waals surface area contributed by atoms with Gasteiger partial charge in [-0.25, -0.2) is 0 Å². The molecule has 0 unspecified atom stereocenters. The minimum absolute atomic E-state index is 0.0513. The zero-order valence-electron chi connectivity index (χ0n) is 17.9. The molecule has 0 saturated carbocycles. The van der Waals surface area contributed by atoms with Crippen molar-refractivity contribution >= 4 is 63.7 Å². The van der Waals surface area contributed by atoms with Crippen LogP contribution in [0.4, 0.5) is 0 Å². The highest BCUT2D eigenvalue weighted by atomic mass is 35.5. The van der Waals surface area contributed by atoms with Gasteiger partial charge in [0.05, 0.1) is 18.1 Å². The number of carbonyl (C=O) groups excluding carboxylic acids is 3. The van der Waals surface area contributed by atoms with Crippen LogP contribution in [0.3, 0.4) is 0 Å². The Labute approximate surface area is 210 Å². The van der Waals surface area contributed by atoms with Gasteiger partial charge in [0, 0.05) is 23.7 Å². The molecule has 2 aliphatic rings. The Bertz CT molecular complexity index is 1150. The molecular weight excluding hydrogens is 498 g/mol. The number of nitrogens with zero attached hydrogens (tertiary/aromatic N) is 2. The van der Waals surface area contributed by atoms with Crippen LogP contribution in [-0.2, 0) is 14.3 Å². The van der Waals surface area contributed by atoms with Gasteiger partial charge in [0.1, 0.15) is 5.75 Å². The number of morpholine rings is 1. The highest BCUT2D eigenvalue weighted by Crippen LogP contribution is 2.31. The first-order valence-electron chi connectivity index (χ1n) is 10.3. The lowest BCUT2D eigenvalue weighted by atomic mass is 10.2. The Balaban J connectivity index is 1.35. The lowest BCUT2D eigenvalue weighted by molar-refractivity contribution is -0.137. The molecule has 0 radical (unpaired) electrons. The fourth-order valence-corrected chi connectivity index (χ4v) is 4.59. The average Bonchev–Trinajstić information content (AvgIpc) is 3.11. The fourth-order valence-electron chi connectivity index (χ4n) is 3.22. The molecule has 0 spiro atoms. The Hall–Kier alpha value is -2.92. The number of hydrogen-bond donors (Lipinski definition) is 1. The summed E-state index contributed by atoms with van der Waals surface area (Å²) in [5, 5.41) is 1.46. The summed E-state index contributed by atoms with van der Waals surface area (Å²) in [4.78, 5) is 39.5. The molecule has 34 heavy (non-hydrogen) atoms. The molecule has 2 aromatic carbocycles. The number of hydrazine groups is 1. The maximum Gasteiger partial charge on any atom is 0.285 e. The molecule has 4 rings (SSSR count). The van der Waals surface area contributed by atoms with Crippen molar-refractivity contribution in [3.63, 3.8) is 0 Å². The van der Waals surface area contributed by atoms with Crippen LogP contribution < -0.4 is 10.2 Å². The molecule has 2 aliphatic heterocycles. The zero-order chi connectivity index (χ0) is 24.1. The summed E-state index contributed by atoms with van der Waals surface area (Å²) in [5.74, 6) is -0.467. The van der Waals surface area contributed by atoms with Gasteiger partial charge in [-0.2, -0.15) is 5.01 Å². The highest BCUT2D eigenvalue weighted by molar-refractivity contribution is 8.26. The van der Waals surface area contributed by atoms with E-state index in [-0.39, 0.29) is 16.8 Å². The normalized spacial score (nSPS) is 17.3. The van der Waals surface area contributed by atoms with Crippen molar-refractivity contribution in [3.05, 3.63) is 69.6 Å². The number of thioether (sulfide) groups is 1. The number of halogens is 1. The summed E-state index contributed by atoms with van der Waals surface area (Å²) < 4.78 is 11.0. The van der Waals surface area contributed by atoms with Crippen LogP contribution in [0.15, 0.2) is 53.4 Å². The molecule has 0 bridgehead atoms. The lowest BCUT2D eigenvalue weighted by Gasteiger charge is -2.26. The van der Waals surface area contributed by atoms with Crippen LogP contribution in [0.2, 0.25) is 5.02 Å². The molecule has 3 amide bonds. The Morgan fingerprint density at radius 1 is 1.18 bits per heavy atom. The number of ether oxygens (including phenoxy) is 2. The first-order chi connectivity index (χ1) is 16.4. The third-order valence-electron chi connectivity index (χ3n) is 5.00. The average molecular weight is 518 g/mol. The van der Waals surface area contributed by atoms with Gasteiger partial charge >= 0.3 is 0 Å². The number of carbonyl (C=O) groups is 3. The fraction of sp³-hybridized carbons (Fsp3) is 0.217. The Morgan fingerprint density at radius 2 is 1.91 bits per heavy atom. The summed E-state index contributed by atoms with van der Waals surface area (Å²) in [7, 11) is 0. The number of hydrogen-bond acceptors (Lipinski definition) is 7. The van der Waals surface area contributed by atoms with E-state index in [0.29, 0.717) is 47.5 Å². The van der Waals surface area contributed by atoms with Gasteiger partial charge in [-0.05, 0) is 54.2 Å². The molecule has 176 valence electrons. The van der Waals surface area contributed by atoms with Crippen LogP contribution in [0.5, 0.6) is 5.75 Å². The minimum atomic E-state index is -0.492. The second kappa shape index (κ2) is 11.0. The van der Waals surface area contributed by atoms with Crippen molar-refractivity contribution in [2.45, 2.75) is 0 Å². The molecule has 11 heteroatoms. The topological polar surface area (TPSA) is 88.2 Å². The van der Waals surface area contributed by atoms with E-state index in [4.69, 9.17) is 33.3 Å². The summed E-state index contributed by atoms with van der Waals surface area (Å²) >= 11 is 12.3. The van der Waals surface area contributed by atoms with Crippen LogP contribution in [0, 0.1) is 0 Å². The molecular formula is C23H20ClN3O5S2. The summed E-state index contributed by atoms with van der Waals surface area (Å²) in [5.41, 5.74) is 3.58. The second-order valence-electron chi connectivity index (χ2n) is 7.32. The van der Waals surface area contributed by atoms with Gasteiger partial charge in [-0.1, -0.05) is 41.6 Å². The summed E-state index contributed by atoms with van der Waals surface area (Å²) in [6.45, 7) is 2.16. The van der Waals surface area contributed by atoms with Crippen LogP contribution >= 0.6 is 35.6 Å².